The molecular weight excluding hydrogens is 228 g/mol. The van der Waals surface area contributed by atoms with Crippen LogP contribution in [-0.2, 0) is 0 Å². The van der Waals surface area contributed by atoms with Crippen molar-refractivity contribution in [3.8, 4) is 0 Å². The first-order valence-corrected chi connectivity index (χ1v) is 6.48. The van der Waals surface area contributed by atoms with E-state index in [1.165, 1.54) is 0 Å². The quantitative estimate of drug-likeness (QED) is 0.538. The number of allylic oxidation sites excluding steroid dienone is 18. The van der Waals surface area contributed by atoms with Gasteiger partial charge in [0, 0.05) is 0 Å². The van der Waals surface area contributed by atoms with E-state index in [2.05, 4.69) is 24.3 Å². The van der Waals surface area contributed by atoms with Gasteiger partial charge in [0.15, 0.2) is 0 Å². The summed E-state index contributed by atoms with van der Waals surface area (Å²) < 4.78 is 0. The van der Waals surface area contributed by atoms with Gasteiger partial charge >= 0.3 is 0 Å². The van der Waals surface area contributed by atoms with Crippen LogP contribution >= 0.6 is 0 Å². The second-order valence-corrected chi connectivity index (χ2v) is 3.79. The highest BCUT2D eigenvalue weighted by Crippen LogP contribution is 1.90. The zero-order valence-corrected chi connectivity index (χ0v) is 11.1. The fourth-order valence-electron chi connectivity index (χ4n) is 1.29. The third-order valence-electron chi connectivity index (χ3n) is 2.21. The van der Waals surface area contributed by atoms with Crippen molar-refractivity contribution >= 4 is 0 Å². The van der Waals surface area contributed by atoms with E-state index in [0.717, 1.165) is 6.42 Å². The molecule has 0 saturated carbocycles. The Kier molecular flexibility index (Phi) is 9.39. The van der Waals surface area contributed by atoms with Crippen molar-refractivity contribution in [2.24, 2.45) is 0 Å². The molecule has 0 heteroatoms. The van der Waals surface area contributed by atoms with Crippen LogP contribution in [0, 0.1) is 0 Å². The van der Waals surface area contributed by atoms with Gasteiger partial charge in [-0.05, 0) is 6.42 Å². The second kappa shape index (κ2) is 12.1. The molecule has 0 aromatic heterocycles. The van der Waals surface area contributed by atoms with Crippen LogP contribution in [0.1, 0.15) is 6.42 Å². The maximum absolute atomic E-state index is 2.12. The molecule has 0 heterocycles. The van der Waals surface area contributed by atoms with Crippen molar-refractivity contribution in [3.05, 3.63) is 109 Å². The van der Waals surface area contributed by atoms with Crippen LogP contribution in [0.15, 0.2) is 109 Å². The Bertz CT molecular complexity index is 428. The van der Waals surface area contributed by atoms with E-state index in [0.29, 0.717) is 0 Å². The van der Waals surface area contributed by atoms with Crippen molar-refractivity contribution in [2.45, 2.75) is 6.42 Å². The summed E-state index contributed by atoms with van der Waals surface area (Å²) in [4.78, 5) is 0. The molecule has 0 aromatic rings. The highest BCUT2D eigenvalue weighted by Gasteiger charge is 1.69. The molecule has 0 N–H and O–H groups in total. The van der Waals surface area contributed by atoms with E-state index in [-0.39, 0.29) is 0 Å². The molecule has 0 amide bonds. The minimum Gasteiger partial charge on any atom is -0.0807 e. The minimum atomic E-state index is 0.950. The predicted octanol–water partition coefficient (Wildman–Crippen LogP) is 5.40. The van der Waals surface area contributed by atoms with E-state index >= 15 is 0 Å². The highest BCUT2D eigenvalue weighted by molar-refractivity contribution is 5.22. The first kappa shape index (κ1) is 14.7. The van der Waals surface area contributed by atoms with Gasteiger partial charge in [-0.15, -0.1) is 0 Å². The monoisotopic (exact) mass is 248 g/mol. The molecule has 0 nitrogen and oxygen atoms in total. The summed E-state index contributed by atoms with van der Waals surface area (Å²) in [5.74, 6) is 0. The Labute approximate surface area is 116 Å². The molecule has 1 aliphatic rings. The van der Waals surface area contributed by atoms with Gasteiger partial charge in [-0.3, -0.25) is 0 Å². The molecule has 0 fully saturated rings. The summed E-state index contributed by atoms with van der Waals surface area (Å²) >= 11 is 0. The van der Waals surface area contributed by atoms with E-state index in [9.17, 15) is 0 Å². The zero-order valence-electron chi connectivity index (χ0n) is 11.1. The Hall–Kier alpha value is -2.34. The van der Waals surface area contributed by atoms with E-state index in [1.54, 1.807) is 0 Å². The largest absolute Gasteiger partial charge is 0.0807 e. The Morgan fingerprint density at radius 3 is 0.737 bits per heavy atom. The van der Waals surface area contributed by atoms with Crippen LogP contribution in [0.3, 0.4) is 0 Å². The molecule has 1 aliphatic carbocycles. The summed E-state index contributed by atoms with van der Waals surface area (Å²) in [5.41, 5.74) is 0. The fraction of sp³-hybridized carbons (Fsp3) is 0.0526. The molecular formula is C19H20. The molecule has 0 radical (unpaired) electrons. The van der Waals surface area contributed by atoms with Crippen LogP contribution in [0.25, 0.3) is 0 Å². The number of rotatable bonds is 0. The molecule has 0 aliphatic heterocycles. The van der Waals surface area contributed by atoms with Gasteiger partial charge in [-0.1, -0.05) is 109 Å². The van der Waals surface area contributed by atoms with E-state index < -0.39 is 0 Å². The molecule has 0 saturated heterocycles. The normalized spacial score (nSPS) is 29.9. The lowest BCUT2D eigenvalue weighted by Crippen LogP contribution is -1.57. The average Bonchev–Trinajstić information content (AvgIpc) is 2.43. The topological polar surface area (TPSA) is 0 Å². The number of hydrogen-bond donors (Lipinski definition) is 0. The second-order valence-electron chi connectivity index (χ2n) is 3.79. The molecule has 0 aromatic carbocycles. The maximum atomic E-state index is 2.12. The average molecular weight is 248 g/mol. The summed E-state index contributed by atoms with van der Waals surface area (Å²) in [5, 5.41) is 0. The van der Waals surface area contributed by atoms with Crippen LogP contribution in [-0.4, -0.2) is 0 Å². The van der Waals surface area contributed by atoms with Crippen LogP contribution < -0.4 is 0 Å². The third kappa shape index (κ3) is 10.5. The van der Waals surface area contributed by atoms with Gasteiger partial charge < -0.3 is 0 Å². The van der Waals surface area contributed by atoms with Gasteiger partial charge in [-0.2, -0.15) is 0 Å². The molecule has 0 atom stereocenters. The standard InChI is InChI=1S/C19H20/c1-2-4-6-8-10-12-14-16-18-19-17-15-13-11-9-7-5-3-1/h1-18H,19H2/b2-1+,5-3-,6-4+,9-7+,10-8-,13-11+,14-12+,17-15?,18-16+. The van der Waals surface area contributed by atoms with Gasteiger partial charge in [0.25, 0.3) is 0 Å². The van der Waals surface area contributed by atoms with Crippen molar-refractivity contribution in [1.82, 2.24) is 0 Å². The molecule has 19 heavy (non-hydrogen) atoms. The zero-order chi connectivity index (χ0) is 13.4. The smallest absolute Gasteiger partial charge is 0.0163 e. The minimum absolute atomic E-state index is 0.950. The van der Waals surface area contributed by atoms with Gasteiger partial charge in [0.05, 0.1) is 0 Å². The predicted molar refractivity (Wildman–Crippen MR) is 86.9 cm³/mol. The molecule has 0 unspecified atom stereocenters. The van der Waals surface area contributed by atoms with Crippen LogP contribution in [0.2, 0.25) is 0 Å². The molecule has 1 rings (SSSR count). The lowest BCUT2D eigenvalue weighted by molar-refractivity contribution is 1.39. The number of hydrogen-bond acceptors (Lipinski definition) is 0. The van der Waals surface area contributed by atoms with Crippen molar-refractivity contribution in [1.29, 1.82) is 0 Å². The SMILES string of the molecule is C1=CC/C=C/C=C/C=C\C=C\C=C\C=C/C=C/C=C/1. The van der Waals surface area contributed by atoms with Crippen molar-refractivity contribution < 1.29 is 0 Å². The van der Waals surface area contributed by atoms with Crippen LogP contribution in [0.4, 0.5) is 0 Å². The van der Waals surface area contributed by atoms with E-state index in [4.69, 9.17) is 0 Å². The maximum Gasteiger partial charge on any atom is -0.0163 e. The summed E-state index contributed by atoms with van der Waals surface area (Å²) in [7, 11) is 0. The lowest BCUT2D eigenvalue weighted by atomic mass is 10.3. The molecule has 0 bridgehead atoms. The van der Waals surface area contributed by atoms with Gasteiger partial charge in [0.2, 0.25) is 0 Å². The Balaban J connectivity index is 2.63. The van der Waals surface area contributed by atoms with Crippen molar-refractivity contribution in [3.63, 3.8) is 0 Å². The summed E-state index contributed by atoms with van der Waals surface area (Å²) in [6.45, 7) is 0. The summed E-state index contributed by atoms with van der Waals surface area (Å²) in [6, 6.07) is 0. The van der Waals surface area contributed by atoms with Gasteiger partial charge in [0.1, 0.15) is 0 Å². The highest BCUT2D eigenvalue weighted by atomic mass is 13.8. The van der Waals surface area contributed by atoms with Crippen LogP contribution in [0.5, 0.6) is 0 Å². The molecule has 0 spiro atoms. The Morgan fingerprint density at radius 1 is 0.263 bits per heavy atom. The van der Waals surface area contributed by atoms with Crippen molar-refractivity contribution in [2.75, 3.05) is 0 Å². The first-order valence-electron chi connectivity index (χ1n) is 6.48. The molecule has 96 valence electrons. The Morgan fingerprint density at radius 2 is 0.474 bits per heavy atom. The van der Waals surface area contributed by atoms with Gasteiger partial charge in [-0.25, -0.2) is 0 Å². The summed E-state index contributed by atoms with van der Waals surface area (Å²) in [6.07, 6.45) is 37.5. The lowest BCUT2D eigenvalue weighted by Gasteiger charge is -1.79. The van der Waals surface area contributed by atoms with E-state index in [1.807, 2.05) is 85.1 Å². The fourth-order valence-corrected chi connectivity index (χ4v) is 1.29. The third-order valence-corrected chi connectivity index (χ3v) is 2.21. The first-order chi connectivity index (χ1) is 9.50.